The molecule has 0 bridgehead atoms. The number of ether oxygens (including phenoxy) is 2. The van der Waals surface area contributed by atoms with Gasteiger partial charge in [0.15, 0.2) is 5.75 Å². The Labute approximate surface area is 195 Å². The average Bonchev–Trinajstić information content (AvgIpc) is 2.83. The maximum absolute atomic E-state index is 12.1. The Morgan fingerprint density at radius 2 is 2.09 bits per heavy atom. The maximum Gasteiger partial charge on any atom is 0.406 e. The molecule has 174 valence electrons. The first kappa shape index (κ1) is 24.4. The molecule has 2 atom stereocenters. The molecule has 1 aliphatic rings. The standard InChI is InChI=1S/C25H33ClN2O4/c1-3-18-9-4-5-13-22(18)32-23-20(11-6-12-21(23)26)25(30,19-10-7-15-27-17-19)14-8-16-28-24(29)31-2/h4-6,9,11-13,19,27,30H,3,7-8,10,14-17H2,1-2H3,(H,28,29)/t19-,25+/m1/s1. The van der Waals surface area contributed by atoms with Gasteiger partial charge in [-0.05, 0) is 56.3 Å². The summed E-state index contributed by atoms with van der Waals surface area (Å²) < 4.78 is 11.0. The van der Waals surface area contributed by atoms with Gasteiger partial charge in [0, 0.05) is 24.6 Å². The summed E-state index contributed by atoms with van der Waals surface area (Å²) in [6, 6.07) is 13.4. The lowest BCUT2D eigenvalue weighted by molar-refractivity contribution is -0.0433. The summed E-state index contributed by atoms with van der Waals surface area (Å²) in [4.78, 5) is 11.4. The topological polar surface area (TPSA) is 79.8 Å². The molecule has 3 rings (SSSR count). The molecule has 1 aliphatic heterocycles. The van der Waals surface area contributed by atoms with Crippen molar-refractivity contribution in [3.8, 4) is 11.5 Å². The minimum absolute atomic E-state index is 0.00314. The molecule has 1 fully saturated rings. The van der Waals surface area contributed by atoms with E-state index in [0.717, 1.165) is 37.1 Å². The lowest BCUT2D eigenvalue weighted by Crippen LogP contribution is -2.45. The van der Waals surface area contributed by atoms with Gasteiger partial charge in [-0.25, -0.2) is 4.79 Å². The first-order valence-electron chi connectivity index (χ1n) is 11.3. The molecule has 1 saturated heterocycles. The van der Waals surface area contributed by atoms with E-state index in [1.54, 1.807) is 6.07 Å². The molecule has 2 aromatic carbocycles. The third kappa shape index (κ3) is 5.74. The number of rotatable bonds is 9. The van der Waals surface area contributed by atoms with Crippen LogP contribution in [0.2, 0.25) is 5.02 Å². The zero-order valence-electron chi connectivity index (χ0n) is 18.8. The highest BCUT2D eigenvalue weighted by Gasteiger charge is 2.41. The molecule has 1 amide bonds. The molecule has 0 spiro atoms. The molecule has 0 aliphatic carbocycles. The number of alkyl carbamates (subject to hydrolysis) is 1. The van der Waals surface area contributed by atoms with E-state index in [9.17, 15) is 9.90 Å². The summed E-state index contributed by atoms with van der Waals surface area (Å²) in [6.45, 7) is 4.14. The van der Waals surface area contributed by atoms with Gasteiger partial charge in [-0.2, -0.15) is 0 Å². The number of carbonyl (C=O) groups excluding carboxylic acids is 1. The fourth-order valence-electron chi connectivity index (χ4n) is 4.40. The zero-order chi connectivity index (χ0) is 23.0. The third-order valence-corrected chi connectivity index (χ3v) is 6.46. The summed E-state index contributed by atoms with van der Waals surface area (Å²) in [7, 11) is 1.34. The SMILES string of the molecule is CCc1ccccc1Oc1c(Cl)cccc1[C@](O)(CCCNC(=O)OC)[C@@H]1CCCNC1. The Morgan fingerprint density at radius 1 is 1.28 bits per heavy atom. The monoisotopic (exact) mass is 460 g/mol. The second kappa shape index (κ2) is 11.5. The Bertz CT molecular complexity index is 901. The third-order valence-electron chi connectivity index (χ3n) is 6.16. The van der Waals surface area contributed by atoms with Crippen LogP contribution in [0, 0.1) is 5.92 Å². The van der Waals surface area contributed by atoms with Crippen LogP contribution in [-0.4, -0.2) is 37.9 Å². The van der Waals surface area contributed by atoms with Crippen molar-refractivity contribution in [3.05, 3.63) is 58.6 Å². The van der Waals surface area contributed by atoms with Crippen LogP contribution < -0.4 is 15.4 Å². The van der Waals surface area contributed by atoms with Crippen molar-refractivity contribution in [2.45, 2.75) is 44.6 Å². The van der Waals surface area contributed by atoms with E-state index in [1.807, 2.05) is 36.4 Å². The smallest absolute Gasteiger partial charge is 0.406 e. The minimum Gasteiger partial charge on any atom is -0.455 e. The van der Waals surface area contributed by atoms with Crippen molar-refractivity contribution in [3.63, 3.8) is 0 Å². The van der Waals surface area contributed by atoms with E-state index in [1.165, 1.54) is 7.11 Å². The van der Waals surface area contributed by atoms with E-state index in [2.05, 4.69) is 22.3 Å². The number of para-hydroxylation sites is 2. The largest absolute Gasteiger partial charge is 0.455 e. The fourth-order valence-corrected chi connectivity index (χ4v) is 4.61. The molecule has 0 unspecified atom stereocenters. The lowest BCUT2D eigenvalue weighted by Gasteiger charge is -2.40. The van der Waals surface area contributed by atoms with Crippen LogP contribution >= 0.6 is 11.6 Å². The van der Waals surface area contributed by atoms with Crippen molar-refractivity contribution in [2.75, 3.05) is 26.7 Å². The first-order valence-corrected chi connectivity index (χ1v) is 11.7. The summed E-state index contributed by atoms with van der Waals surface area (Å²) in [5, 5.41) is 18.7. The van der Waals surface area contributed by atoms with Gasteiger partial charge in [-0.15, -0.1) is 0 Å². The van der Waals surface area contributed by atoms with E-state index in [0.29, 0.717) is 42.3 Å². The number of carbonyl (C=O) groups is 1. The fraction of sp³-hybridized carbons (Fsp3) is 0.480. The number of piperidine rings is 1. The minimum atomic E-state index is -1.16. The molecular weight excluding hydrogens is 428 g/mol. The second-order valence-electron chi connectivity index (χ2n) is 8.17. The molecule has 6 nitrogen and oxygen atoms in total. The highest BCUT2D eigenvalue weighted by Crippen LogP contribution is 2.46. The van der Waals surface area contributed by atoms with Crippen molar-refractivity contribution in [1.82, 2.24) is 10.6 Å². The van der Waals surface area contributed by atoms with Gasteiger partial charge < -0.3 is 25.2 Å². The van der Waals surface area contributed by atoms with Crippen molar-refractivity contribution in [2.24, 2.45) is 5.92 Å². The van der Waals surface area contributed by atoms with Crippen LogP contribution in [0.3, 0.4) is 0 Å². The number of aryl methyl sites for hydroxylation is 1. The molecular formula is C25H33ClN2O4. The molecule has 0 aromatic heterocycles. The van der Waals surface area contributed by atoms with Gasteiger partial charge >= 0.3 is 6.09 Å². The number of hydrogen-bond acceptors (Lipinski definition) is 5. The van der Waals surface area contributed by atoms with Gasteiger partial charge in [0.05, 0.1) is 17.7 Å². The van der Waals surface area contributed by atoms with Gasteiger partial charge in [0.1, 0.15) is 5.75 Å². The number of aliphatic hydroxyl groups is 1. The highest BCUT2D eigenvalue weighted by atomic mass is 35.5. The van der Waals surface area contributed by atoms with Crippen molar-refractivity contribution >= 4 is 17.7 Å². The predicted molar refractivity (Wildman–Crippen MR) is 126 cm³/mol. The molecule has 1 heterocycles. The number of nitrogens with one attached hydrogen (secondary N) is 2. The molecule has 0 radical (unpaired) electrons. The highest BCUT2D eigenvalue weighted by molar-refractivity contribution is 6.32. The summed E-state index contributed by atoms with van der Waals surface area (Å²) >= 11 is 6.62. The molecule has 32 heavy (non-hydrogen) atoms. The van der Waals surface area contributed by atoms with Crippen molar-refractivity contribution < 1.29 is 19.4 Å². The van der Waals surface area contributed by atoms with E-state index >= 15 is 0 Å². The van der Waals surface area contributed by atoms with Crippen molar-refractivity contribution in [1.29, 1.82) is 0 Å². The lowest BCUT2D eigenvalue weighted by atomic mass is 9.74. The molecule has 7 heteroatoms. The summed E-state index contributed by atoms with van der Waals surface area (Å²) in [5.74, 6) is 1.22. The van der Waals surface area contributed by atoms with Crippen LogP contribution in [-0.2, 0) is 16.8 Å². The van der Waals surface area contributed by atoms with E-state index in [-0.39, 0.29) is 5.92 Å². The van der Waals surface area contributed by atoms with E-state index in [4.69, 9.17) is 16.3 Å². The predicted octanol–water partition coefficient (Wildman–Crippen LogP) is 5.02. The van der Waals surface area contributed by atoms with E-state index < -0.39 is 11.7 Å². The van der Waals surface area contributed by atoms with Gasteiger partial charge in [0.25, 0.3) is 0 Å². The zero-order valence-corrected chi connectivity index (χ0v) is 19.6. The quantitative estimate of drug-likeness (QED) is 0.458. The summed E-state index contributed by atoms with van der Waals surface area (Å²) in [5.41, 5.74) is 0.596. The Morgan fingerprint density at radius 3 is 2.81 bits per heavy atom. The Kier molecular flexibility index (Phi) is 8.79. The second-order valence-corrected chi connectivity index (χ2v) is 8.58. The summed E-state index contributed by atoms with van der Waals surface area (Å²) in [6.07, 6.45) is 3.27. The normalized spacial score (nSPS) is 17.9. The van der Waals surface area contributed by atoms with Gasteiger partial charge in [0.2, 0.25) is 0 Å². The van der Waals surface area contributed by atoms with Crippen LogP contribution in [0.1, 0.15) is 43.7 Å². The maximum atomic E-state index is 12.1. The van der Waals surface area contributed by atoms with Crippen LogP contribution in [0.5, 0.6) is 11.5 Å². The number of halogens is 1. The molecule has 2 aromatic rings. The molecule has 0 saturated carbocycles. The average molecular weight is 461 g/mol. The van der Waals surface area contributed by atoms with Gasteiger partial charge in [-0.3, -0.25) is 0 Å². The number of methoxy groups -OCH3 is 1. The van der Waals surface area contributed by atoms with Crippen LogP contribution in [0.4, 0.5) is 4.79 Å². The Hall–Kier alpha value is -2.28. The first-order chi connectivity index (χ1) is 15.5. The number of amides is 1. The number of hydrogen-bond donors (Lipinski definition) is 3. The van der Waals surface area contributed by atoms with Crippen LogP contribution in [0.25, 0.3) is 0 Å². The number of benzene rings is 2. The molecule has 3 N–H and O–H groups in total. The Balaban J connectivity index is 1.94. The van der Waals surface area contributed by atoms with Crippen LogP contribution in [0.15, 0.2) is 42.5 Å². The van der Waals surface area contributed by atoms with Gasteiger partial charge in [-0.1, -0.05) is 48.9 Å².